The lowest BCUT2D eigenvalue weighted by Crippen LogP contribution is -2.47. The Hall–Kier alpha value is -0.500. The molecule has 0 unspecified atom stereocenters. The maximum Gasteiger partial charge on any atom is 0.273 e. The van der Waals surface area contributed by atoms with E-state index in [0.29, 0.717) is 6.04 Å². The quantitative estimate of drug-likeness (QED) is 0.438. The summed E-state index contributed by atoms with van der Waals surface area (Å²) in [5.41, 5.74) is 1.95. The molecule has 0 amide bonds. The predicted molar refractivity (Wildman–Crippen MR) is 85.9 cm³/mol. The van der Waals surface area contributed by atoms with Gasteiger partial charge in [0, 0.05) is 64.5 Å². The summed E-state index contributed by atoms with van der Waals surface area (Å²) in [6.07, 6.45) is 0. The number of halogens is 2. The zero-order chi connectivity index (χ0) is 14.9. The third kappa shape index (κ3) is 3.58. The average molecular weight is 407 g/mol. The Balaban J connectivity index is 2.19. The maximum absolute atomic E-state index is 11.1. The Labute approximate surface area is 135 Å². The van der Waals surface area contributed by atoms with Crippen LogP contribution in [0.3, 0.4) is 0 Å². The highest BCUT2D eigenvalue weighted by molar-refractivity contribution is 9.10. The van der Waals surface area contributed by atoms with Crippen LogP contribution in [-0.4, -0.2) is 39.4 Å². The van der Waals surface area contributed by atoms with E-state index in [1.807, 2.05) is 13.0 Å². The molecule has 20 heavy (non-hydrogen) atoms. The summed E-state index contributed by atoms with van der Waals surface area (Å²) >= 11 is 6.90. The highest BCUT2D eigenvalue weighted by atomic mass is 79.9. The third-order valence-electron chi connectivity index (χ3n) is 3.67. The maximum atomic E-state index is 11.1. The third-order valence-corrected chi connectivity index (χ3v) is 5.19. The van der Waals surface area contributed by atoms with E-state index in [0.717, 1.165) is 41.8 Å². The second kappa shape index (κ2) is 6.51. The number of benzene rings is 1. The molecule has 110 valence electrons. The van der Waals surface area contributed by atoms with Gasteiger partial charge in [0.15, 0.2) is 0 Å². The molecule has 0 saturated carbocycles. The van der Waals surface area contributed by atoms with Gasteiger partial charge in [-0.3, -0.25) is 15.0 Å². The molecule has 1 aromatic rings. The molecular formula is C13H17Br2N3O2. The first-order chi connectivity index (χ1) is 9.38. The topological polar surface area (TPSA) is 49.6 Å². The summed E-state index contributed by atoms with van der Waals surface area (Å²) in [4.78, 5) is 13.1. The van der Waals surface area contributed by atoms with Crippen molar-refractivity contribution in [1.82, 2.24) is 8.83 Å². The van der Waals surface area contributed by atoms with Crippen molar-refractivity contribution in [2.45, 2.75) is 26.4 Å². The molecule has 1 aromatic carbocycles. The minimum Gasteiger partial charge on any atom is -0.296 e. The van der Waals surface area contributed by atoms with Gasteiger partial charge in [0.2, 0.25) is 0 Å². The molecule has 0 aromatic heterocycles. The van der Waals surface area contributed by atoms with E-state index in [4.69, 9.17) is 0 Å². The van der Waals surface area contributed by atoms with Crippen LogP contribution in [0, 0.1) is 17.0 Å². The van der Waals surface area contributed by atoms with Gasteiger partial charge in [0.25, 0.3) is 5.69 Å². The minimum atomic E-state index is -0.317. The van der Waals surface area contributed by atoms with Gasteiger partial charge >= 0.3 is 0 Å². The number of nitrogens with zero attached hydrogens (tertiary/aromatic N) is 3. The lowest BCUT2D eigenvalue weighted by molar-refractivity contribution is -0.385. The largest absolute Gasteiger partial charge is 0.296 e. The van der Waals surface area contributed by atoms with Crippen LogP contribution in [-0.2, 0) is 6.54 Å². The number of nitro groups is 1. The molecule has 0 radical (unpaired) electrons. The van der Waals surface area contributed by atoms with Gasteiger partial charge in [0.05, 0.1) is 4.92 Å². The van der Waals surface area contributed by atoms with E-state index in [1.165, 1.54) is 0 Å². The summed E-state index contributed by atoms with van der Waals surface area (Å²) in [6.45, 7) is 7.59. The van der Waals surface area contributed by atoms with Crippen LogP contribution in [0.4, 0.5) is 5.69 Å². The molecule has 0 bridgehead atoms. The van der Waals surface area contributed by atoms with Crippen molar-refractivity contribution in [3.8, 4) is 0 Å². The zero-order valence-corrected chi connectivity index (χ0v) is 14.6. The Morgan fingerprint density at radius 3 is 2.75 bits per heavy atom. The van der Waals surface area contributed by atoms with Crippen molar-refractivity contribution in [2.24, 2.45) is 0 Å². The standard InChI is InChI=1S/C13H17Br2N3O2/c1-9-7-16(3-4-17(9)15)8-11-5-12(14)6-13(10(11)2)18(19)20/h5-6,9H,3-4,7-8H2,1-2H3/t9-/m0/s1. The first-order valence-corrected chi connectivity index (χ1v) is 7.97. The van der Waals surface area contributed by atoms with Gasteiger partial charge in [-0.15, -0.1) is 0 Å². The summed E-state index contributed by atoms with van der Waals surface area (Å²) in [7, 11) is 0. The Kier molecular flexibility index (Phi) is 5.17. The lowest BCUT2D eigenvalue weighted by atomic mass is 10.1. The van der Waals surface area contributed by atoms with Crippen molar-refractivity contribution in [3.63, 3.8) is 0 Å². The van der Waals surface area contributed by atoms with Crippen molar-refractivity contribution in [3.05, 3.63) is 37.8 Å². The van der Waals surface area contributed by atoms with Crippen LogP contribution in [0.15, 0.2) is 16.6 Å². The van der Waals surface area contributed by atoms with Crippen LogP contribution in [0.25, 0.3) is 0 Å². The number of hydrogen-bond donors (Lipinski definition) is 0. The molecule has 0 spiro atoms. The normalized spacial score (nSPS) is 21.1. The van der Waals surface area contributed by atoms with Crippen molar-refractivity contribution in [2.75, 3.05) is 19.6 Å². The highest BCUT2D eigenvalue weighted by Gasteiger charge is 2.23. The van der Waals surface area contributed by atoms with Gasteiger partial charge in [-0.25, -0.2) is 3.93 Å². The van der Waals surface area contributed by atoms with E-state index in [9.17, 15) is 10.1 Å². The van der Waals surface area contributed by atoms with E-state index in [1.54, 1.807) is 6.07 Å². The van der Waals surface area contributed by atoms with E-state index < -0.39 is 0 Å². The van der Waals surface area contributed by atoms with Gasteiger partial charge < -0.3 is 0 Å². The van der Waals surface area contributed by atoms with Crippen LogP contribution < -0.4 is 0 Å². The second-order valence-electron chi connectivity index (χ2n) is 5.17. The fourth-order valence-corrected chi connectivity index (χ4v) is 3.25. The highest BCUT2D eigenvalue weighted by Crippen LogP contribution is 2.28. The molecule has 1 aliphatic rings. The average Bonchev–Trinajstić information content (AvgIpc) is 2.37. The Morgan fingerprint density at radius 1 is 1.45 bits per heavy atom. The monoisotopic (exact) mass is 405 g/mol. The van der Waals surface area contributed by atoms with Crippen LogP contribution in [0.5, 0.6) is 0 Å². The number of rotatable bonds is 3. The molecule has 1 saturated heterocycles. The SMILES string of the molecule is Cc1c(CN2CCN(Br)[C@@H](C)C2)cc(Br)cc1[N+](=O)[O-]. The molecule has 0 aliphatic carbocycles. The first kappa shape index (κ1) is 15.9. The van der Waals surface area contributed by atoms with Gasteiger partial charge in [0.1, 0.15) is 0 Å². The van der Waals surface area contributed by atoms with Crippen LogP contribution in [0.1, 0.15) is 18.1 Å². The van der Waals surface area contributed by atoms with E-state index >= 15 is 0 Å². The zero-order valence-electron chi connectivity index (χ0n) is 11.5. The fraction of sp³-hybridized carbons (Fsp3) is 0.538. The molecule has 7 heteroatoms. The van der Waals surface area contributed by atoms with Gasteiger partial charge in [-0.05, 0) is 25.5 Å². The van der Waals surface area contributed by atoms with Crippen LogP contribution >= 0.6 is 32.1 Å². The molecule has 1 fully saturated rings. The summed E-state index contributed by atoms with van der Waals surface area (Å²) in [5, 5.41) is 11.1. The summed E-state index contributed by atoms with van der Waals surface area (Å²) in [6, 6.07) is 3.98. The summed E-state index contributed by atoms with van der Waals surface area (Å²) < 4.78 is 2.91. The molecule has 2 rings (SSSR count). The molecular weight excluding hydrogens is 390 g/mol. The molecule has 1 heterocycles. The van der Waals surface area contributed by atoms with Crippen molar-refractivity contribution >= 4 is 37.8 Å². The van der Waals surface area contributed by atoms with E-state index in [-0.39, 0.29) is 10.6 Å². The summed E-state index contributed by atoms with van der Waals surface area (Å²) in [5.74, 6) is 0. The minimum absolute atomic E-state index is 0.182. The molecule has 0 N–H and O–H groups in total. The van der Waals surface area contributed by atoms with Crippen molar-refractivity contribution < 1.29 is 4.92 Å². The predicted octanol–water partition coefficient (Wildman–Crippen LogP) is 3.48. The van der Waals surface area contributed by atoms with Crippen LogP contribution in [0.2, 0.25) is 0 Å². The molecule has 5 nitrogen and oxygen atoms in total. The molecule has 1 aliphatic heterocycles. The van der Waals surface area contributed by atoms with Crippen molar-refractivity contribution in [1.29, 1.82) is 0 Å². The number of hydrogen-bond acceptors (Lipinski definition) is 4. The lowest BCUT2D eigenvalue weighted by Gasteiger charge is -2.36. The first-order valence-electron chi connectivity index (χ1n) is 6.46. The van der Waals surface area contributed by atoms with Gasteiger partial charge in [-0.1, -0.05) is 15.9 Å². The van der Waals surface area contributed by atoms with Gasteiger partial charge in [-0.2, -0.15) is 0 Å². The molecule has 1 atom stereocenters. The number of nitro benzene ring substituents is 1. The second-order valence-corrected chi connectivity index (χ2v) is 7.00. The van der Waals surface area contributed by atoms with E-state index in [2.05, 4.69) is 47.8 Å². The Morgan fingerprint density at radius 2 is 2.15 bits per heavy atom. The number of piperazine rings is 1. The smallest absolute Gasteiger partial charge is 0.273 e. The fourth-order valence-electron chi connectivity index (χ4n) is 2.47. The Bertz CT molecular complexity index is 525.